The van der Waals surface area contributed by atoms with Crippen LogP contribution in [0.2, 0.25) is 0 Å². The number of carbonyl (C=O) groups excluding carboxylic acids is 1. The van der Waals surface area contributed by atoms with E-state index in [9.17, 15) is 4.79 Å². The molecule has 2 N–H and O–H groups in total. The maximum absolute atomic E-state index is 12.0. The monoisotopic (exact) mass is 313 g/mol. The Morgan fingerprint density at radius 1 is 1.35 bits per heavy atom. The van der Waals surface area contributed by atoms with Crippen molar-refractivity contribution in [3.05, 3.63) is 48.0 Å². The predicted octanol–water partition coefficient (Wildman–Crippen LogP) is 1.10. The first kappa shape index (κ1) is 15.7. The molecule has 6 heteroatoms. The molecule has 0 radical (unpaired) electrons. The summed E-state index contributed by atoms with van der Waals surface area (Å²) < 4.78 is 1.73. The number of hydrogen-bond acceptors (Lipinski definition) is 4. The van der Waals surface area contributed by atoms with E-state index in [1.165, 1.54) is 18.4 Å². The molecule has 2 aromatic heterocycles. The van der Waals surface area contributed by atoms with Crippen molar-refractivity contribution in [1.82, 2.24) is 25.4 Å². The van der Waals surface area contributed by atoms with Crippen LogP contribution in [0.25, 0.3) is 0 Å². The van der Waals surface area contributed by atoms with Crippen LogP contribution in [0.15, 0.2) is 36.8 Å². The van der Waals surface area contributed by atoms with Gasteiger partial charge < -0.3 is 10.6 Å². The van der Waals surface area contributed by atoms with Crippen LogP contribution >= 0.6 is 0 Å². The first-order valence-corrected chi connectivity index (χ1v) is 8.21. The van der Waals surface area contributed by atoms with Crippen LogP contribution in [-0.2, 0) is 17.8 Å². The smallest absolute Gasteiger partial charge is 0.241 e. The second kappa shape index (κ2) is 7.87. The third-order valence-electron chi connectivity index (χ3n) is 4.17. The number of nitrogens with one attached hydrogen (secondary N) is 2. The lowest BCUT2D eigenvalue weighted by molar-refractivity contribution is -0.121. The van der Waals surface area contributed by atoms with Crippen molar-refractivity contribution in [3.8, 4) is 0 Å². The molecule has 1 amide bonds. The Kier molecular flexibility index (Phi) is 5.37. The van der Waals surface area contributed by atoms with E-state index in [1.54, 1.807) is 17.1 Å². The van der Waals surface area contributed by atoms with Crippen molar-refractivity contribution in [2.24, 2.45) is 0 Å². The van der Waals surface area contributed by atoms with Crippen molar-refractivity contribution >= 4 is 5.91 Å². The topological polar surface area (TPSA) is 71.8 Å². The normalized spacial score (nSPS) is 17.8. The number of hydrogen-bond donors (Lipinski definition) is 2. The number of carbonyl (C=O) groups is 1. The summed E-state index contributed by atoms with van der Waals surface area (Å²) >= 11 is 0. The minimum atomic E-state index is -0.00419. The Hall–Kier alpha value is -2.21. The molecule has 0 spiro atoms. The summed E-state index contributed by atoms with van der Waals surface area (Å²) in [6, 6.07) is 5.95. The summed E-state index contributed by atoms with van der Waals surface area (Å²) in [5.41, 5.74) is 2.26. The summed E-state index contributed by atoms with van der Waals surface area (Å²) in [7, 11) is 0. The number of aromatic nitrogens is 3. The van der Waals surface area contributed by atoms with Gasteiger partial charge in [-0.05, 0) is 49.6 Å². The van der Waals surface area contributed by atoms with Gasteiger partial charge in [0.05, 0.1) is 5.69 Å². The van der Waals surface area contributed by atoms with E-state index in [4.69, 9.17) is 0 Å². The number of piperidine rings is 1. The third kappa shape index (κ3) is 4.63. The molecular formula is C17H23N5O. The van der Waals surface area contributed by atoms with Crippen molar-refractivity contribution in [3.63, 3.8) is 0 Å². The van der Waals surface area contributed by atoms with E-state index < -0.39 is 0 Å². The molecule has 122 valence electrons. The Morgan fingerprint density at radius 2 is 2.22 bits per heavy atom. The Bertz CT molecular complexity index is 619. The van der Waals surface area contributed by atoms with Gasteiger partial charge in [0.15, 0.2) is 0 Å². The molecule has 3 rings (SSSR count). The molecule has 1 fully saturated rings. The first-order valence-electron chi connectivity index (χ1n) is 8.21. The lowest BCUT2D eigenvalue weighted by Crippen LogP contribution is -2.30. The van der Waals surface area contributed by atoms with Gasteiger partial charge in [-0.3, -0.25) is 14.5 Å². The van der Waals surface area contributed by atoms with Crippen LogP contribution < -0.4 is 10.6 Å². The molecule has 1 atom stereocenters. The van der Waals surface area contributed by atoms with Crippen molar-refractivity contribution < 1.29 is 4.79 Å². The van der Waals surface area contributed by atoms with Gasteiger partial charge in [0.25, 0.3) is 0 Å². The van der Waals surface area contributed by atoms with Crippen LogP contribution in [-0.4, -0.2) is 40.3 Å². The minimum absolute atomic E-state index is 0.00419. The lowest BCUT2D eigenvalue weighted by Gasteiger charge is -2.20. The lowest BCUT2D eigenvalue weighted by atomic mass is 9.97. The quantitative estimate of drug-likeness (QED) is 0.838. The maximum Gasteiger partial charge on any atom is 0.241 e. The van der Waals surface area contributed by atoms with Gasteiger partial charge in [0, 0.05) is 37.6 Å². The fourth-order valence-electron chi connectivity index (χ4n) is 2.89. The molecule has 6 nitrogen and oxygen atoms in total. The van der Waals surface area contributed by atoms with Crippen LogP contribution in [0.1, 0.15) is 30.0 Å². The summed E-state index contributed by atoms with van der Waals surface area (Å²) in [5.74, 6) is 0.468. The molecule has 1 saturated heterocycles. The fraction of sp³-hybridized carbons (Fsp3) is 0.471. The van der Waals surface area contributed by atoms with E-state index in [1.807, 2.05) is 24.4 Å². The molecule has 0 bridgehead atoms. The molecule has 0 saturated carbocycles. The molecule has 0 aliphatic carbocycles. The van der Waals surface area contributed by atoms with Crippen LogP contribution in [0.3, 0.4) is 0 Å². The van der Waals surface area contributed by atoms with Crippen LogP contribution in [0.5, 0.6) is 0 Å². The standard InChI is InChI=1S/C17H23N5O/c23-17(20-10-5-14-3-8-18-9-4-14)13-22-11-6-16(21-22)15-2-1-7-19-12-15/h3-4,6,8-9,11,15,19H,1-2,5,7,10,12-13H2,(H,20,23). The van der Waals surface area contributed by atoms with Crippen molar-refractivity contribution in [2.75, 3.05) is 19.6 Å². The van der Waals surface area contributed by atoms with Crippen molar-refractivity contribution in [2.45, 2.75) is 31.7 Å². The molecule has 3 heterocycles. The second-order valence-electron chi connectivity index (χ2n) is 5.94. The number of amides is 1. The molecular weight excluding hydrogens is 290 g/mol. The van der Waals surface area contributed by atoms with E-state index in [0.29, 0.717) is 12.5 Å². The zero-order valence-electron chi connectivity index (χ0n) is 13.2. The Morgan fingerprint density at radius 3 is 3.00 bits per heavy atom. The van der Waals surface area contributed by atoms with E-state index in [-0.39, 0.29) is 12.5 Å². The van der Waals surface area contributed by atoms with Crippen LogP contribution in [0, 0.1) is 0 Å². The van der Waals surface area contributed by atoms with Gasteiger partial charge in [-0.15, -0.1) is 0 Å². The maximum atomic E-state index is 12.0. The third-order valence-corrected chi connectivity index (χ3v) is 4.17. The van der Waals surface area contributed by atoms with Crippen molar-refractivity contribution in [1.29, 1.82) is 0 Å². The van der Waals surface area contributed by atoms with Crippen LogP contribution in [0.4, 0.5) is 0 Å². The zero-order chi connectivity index (χ0) is 15.9. The van der Waals surface area contributed by atoms with Gasteiger partial charge in [-0.25, -0.2) is 0 Å². The Balaban J connectivity index is 1.43. The van der Waals surface area contributed by atoms with E-state index >= 15 is 0 Å². The highest BCUT2D eigenvalue weighted by Crippen LogP contribution is 2.21. The molecule has 1 unspecified atom stereocenters. The first-order chi connectivity index (χ1) is 11.3. The van der Waals surface area contributed by atoms with Gasteiger partial charge >= 0.3 is 0 Å². The highest BCUT2D eigenvalue weighted by atomic mass is 16.2. The SMILES string of the molecule is O=C(Cn1ccc(C2CCCNC2)n1)NCCc1ccncc1. The molecule has 23 heavy (non-hydrogen) atoms. The van der Waals surface area contributed by atoms with E-state index in [0.717, 1.165) is 25.2 Å². The summed E-state index contributed by atoms with van der Waals surface area (Å²) in [6.07, 6.45) is 8.60. The predicted molar refractivity (Wildman–Crippen MR) is 88.0 cm³/mol. The largest absolute Gasteiger partial charge is 0.354 e. The summed E-state index contributed by atoms with van der Waals surface area (Å²) in [4.78, 5) is 16.0. The highest BCUT2D eigenvalue weighted by molar-refractivity contribution is 5.75. The summed E-state index contributed by atoms with van der Waals surface area (Å²) in [5, 5.41) is 10.9. The number of rotatable bonds is 6. The average Bonchev–Trinajstić information content (AvgIpc) is 3.05. The van der Waals surface area contributed by atoms with Gasteiger partial charge in [0.2, 0.25) is 5.91 Å². The number of pyridine rings is 1. The summed E-state index contributed by atoms with van der Waals surface area (Å²) in [6.45, 7) is 2.98. The second-order valence-corrected chi connectivity index (χ2v) is 5.94. The van der Waals surface area contributed by atoms with Gasteiger partial charge in [0.1, 0.15) is 6.54 Å². The molecule has 1 aliphatic heterocycles. The molecule has 1 aliphatic rings. The fourth-order valence-corrected chi connectivity index (χ4v) is 2.89. The highest BCUT2D eigenvalue weighted by Gasteiger charge is 2.17. The zero-order valence-corrected chi connectivity index (χ0v) is 13.2. The minimum Gasteiger partial charge on any atom is -0.354 e. The number of nitrogens with zero attached hydrogens (tertiary/aromatic N) is 3. The average molecular weight is 313 g/mol. The van der Waals surface area contributed by atoms with E-state index in [2.05, 4.69) is 20.7 Å². The van der Waals surface area contributed by atoms with Gasteiger partial charge in [-0.2, -0.15) is 5.10 Å². The van der Waals surface area contributed by atoms with Gasteiger partial charge in [-0.1, -0.05) is 0 Å². The Labute approximate surface area is 136 Å². The molecule has 0 aromatic carbocycles. The molecule has 2 aromatic rings.